The molecule has 6 nitrogen and oxygen atoms in total. The molecule has 1 aliphatic rings. The minimum absolute atomic E-state index is 0.0550. The van der Waals surface area contributed by atoms with Gasteiger partial charge in [-0.2, -0.15) is 0 Å². The monoisotopic (exact) mass is 359 g/mol. The van der Waals surface area contributed by atoms with Crippen LogP contribution in [-0.4, -0.2) is 45.5 Å². The number of hydrogen-bond acceptors (Lipinski definition) is 5. The van der Waals surface area contributed by atoms with Crippen LogP contribution in [0, 0.1) is 5.92 Å². The van der Waals surface area contributed by atoms with Gasteiger partial charge in [-0.15, -0.1) is 0 Å². The van der Waals surface area contributed by atoms with Crippen molar-refractivity contribution in [2.24, 2.45) is 5.92 Å². The van der Waals surface area contributed by atoms with Crippen molar-refractivity contribution >= 4 is 26.9 Å². The molecule has 1 aromatic heterocycles. The average Bonchev–Trinajstić information content (AvgIpc) is 2.48. The summed E-state index contributed by atoms with van der Waals surface area (Å²) in [6.07, 6.45) is 4.59. The SMILES string of the molecule is CC(C)(C)OC(=O)N1CCC(C(P)Oc2cnc(Cl)nc2)CC1. The summed E-state index contributed by atoms with van der Waals surface area (Å²) in [6.45, 7) is 6.96. The number of rotatable bonds is 3. The van der Waals surface area contributed by atoms with Crippen LogP contribution < -0.4 is 4.74 Å². The van der Waals surface area contributed by atoms with E-state index < -0.39 is 5.60 Å². The van der Waals surface area contributed by atoms with E-state index in [2.05, 4.69) is 19.2 Å². The maximum atomic E-state index is 12.1. The summed E-state index contributed by atoms with van der Waals surface area (Å²) in [5.74, 6) is 0.874. The van der Waals surface area contributed by atoms with E-state index in [1.165, 1.54) is 0 Å². The Balaban J connectivity index is 1.81. The first kappa shape index (κ1) is 18.2. The van der Waals surface area contributed by atoms with Crippen LogP contribution in [0.5, 0.6) is 5.75 Å². The molecule has 8 heteroatoms. The molecule has 0 bridgehead atoms. The Morgan fingerprint density at radius 3 is 2.43 bits per heavy atom. The second-order valence-corrected chi connectivity index (χ2v) is 7.57. The molecule has 128 valence electrons. The Morgan fingerprint density at radius 1 is 1.35 bits per heavy atom. The number of nitrogens with zero attached hydrogens (tertiary/aromatic N) is 3. The number of likely N-dealkylation sites (tertiary alicyclic amines) is 1. The van der Waals surface area contributed by atoms with Crippen molar-refractivity contribution < 1.29 is 14.3 Å². The number of carbonyl (C=O) groups excluding carboxylic acids is 1. The molecule has 1 aliphatic heterocycles. The van der Waals surface area contributed by atoms with Gasteiger partial charge in [0.1, 0.15) is 11.4 Å². The molecule has 1 saturated heterocycles. The van der Waals surface area contributed by atoms with Gasteiger partial charge in [0.25, 0.3) is 0 Å². The Labute approximate surface area is 144 Å². The molecule has 1 fully saturated rings. The van der Waals surface area contributed by atoms with E-state index in [1.807, 2.05) is 20.8 Å². The Hall–Kier alpha value is -1.13. The first-order valence-electron chi connectivity index (χ1n) is 7.62. The largest absolute Gasteiger partial charge is 0.483 e. The lowest BCUT2D eigenvalue weighted by atomic mass is 9.98. The molecule has 0 aliphatic carbocycles. The quantitative estimate of drug-likeness (QED) is 0.611. The first-order valence-corrected chi connectivity index (χ1v) is 8.67. The van der Waals surface area contributed by atoms with Crippen LogP contribution in [0.15, 0.2) is 12.4 Å². The summed E-state index contributed by atoms with van der Waals surface area (Å²) in [5.41, 5.74) is -0.464. The molecule has 2 unspecified atom stereocenters. The number of aromatic nitrogens is 2. The van der Waals surface area contributed by atoms with Gasteiger partial charge in [-0.05, 0) is 45.2 Å². The number of halogens is 1. The van der Waals surface area contributed by atoms with Gasteiger partial charge in [-0.25, -0.2) is 14.8 Å². The number of carbonyl (C=O) groups is 1. The third kappa shape index (κ3) is 5.78. The summed E-state index contributed by atoms with van der Waals surface area (Å²) in [5, 5.41) is 0.198. The van der Waals surface area contributed by atoms with Crippen LogP contribution >= 0.6 is 20.8 Å². The highest BCUT2D eigenvalue weighted by atomic mass is 35.5. The van der Waals surface area contributed by atoms with Crippen molar-refractivity contribution in [2.45, 2.75) is 45.1 Å². The van der Waals surface area contributed by atoms with Crippen molar-refractivity contribution in [3.8, 4) is 5.75 Å². The average molecular weight is 360 g/mol. The summed E-state index contributed by atoms with van der Waals surface area (Å²) in [7, 11) is 2.71. The molecule has 0 spiro atoms. The number of ether oxygens (including phenoxy) is 2. The van der Waals surface area contributed by atoms with Gasteiger partial charge in [0.05, 0.1) is 12.4 Å². The van der Waals surface area contributed by atoms with E-state index >= 15 is 0 Å². The van der Waals surface area contributed by atoms with E-state index in [9.17, 15) is 4.79 Å². The van der Waals surface area contributed by atoms with Gasteiger partial charge >= 0.3 is 6.09 Å². The number of piperidine rings is 1. The maximum absolute atomic E-state index is 12.1. The third-order valence-corrected chi connectivity index (χ3v) is 4.40. The van der Waals surface area contributed by atoms with Gasteiger partial charge in [0, 0.05) is 19.0 Å². The lowest BCUT2D eigenvalue weighted by Gasteiger charge is -2.35. The van der Waals surface area contributed by atoms with Crippen LogP contribution in [0.4, 0.5) is 4.79 Å². The Kier molecular flexibility index (Phi) is 6.04. The van der Waals surface area contributed by atoms with Crippen molar-refractivity contribution in [3.05, 3.63) is 17.7 Å². The molecule has 0 radical (unpaired) electrons. The zero-order valence-corrected chi connectivity index (χ0v) is 15.6. The van der Waals surface area contributed by atoms with Gasteiger partial charge < -0.3 is 14.4 Å². The molecular formula is C15H23ClN3O3P. The molecule has 0 aromatic carbocycles. The number of amides is 1. The molecule has 1 amide bonds. The topological polar surface area (TPSA) is 64.5 Å². The Morgan fingerprint density at radius 2 is 1.91 bits per heavy atom. The van der Waals surface area contributed by atoms with E-state index in [0.29, 0.717) is 24.8 Å². The second kappa shape index (κ2) is 7.63. The van der Waals surface area contributed by atoms with Crippen LogP contribution in [0.25, 0.3) is 0 Å². The van der Waals surface area contributed by atoms with Gasteiger partial charge in [-0.1, -0.05) is 9.24 Å². The van der Waals surface area contributed by atoms with Gasteiger partial charge in [0.15, 0.2) is 5.75 Å². The molecule has 1 aromatic rings. The highest BCUT2D eigenvalue weighted by Crippen LogP contribution is 2.28. The summed E-state index contributed by atoms with van der Waals surface area (Å²) >= 11 is 5.66. The summed E-state index contributed by atoms with van der Waals surface area (Å²) in [6, 6.07) is 0. The summed E-state index contributed by atoms with van der Waals surface area (Å²) in [4.78, 5) is 21.6. The smallest absolute Gasteiger partial charge is 0.410 e. The van der Waals surface area contributed by atoms with E-state index in [0.717, 1.165) is 12.8 Å². The normalized spacial score (nSPS) is 17.7. The second-order valence-electron chi connectivity index (χ2n) is 6.58. The lowest BCUT2D eigenvalue weighted by molar-refractivity contribution is 0.0153. The molecule has 23 heavy (non-hydrogen) atoms. The van der Waals surface area contributed by atoms with E-state index in [-0.39, 0.29) is 17.2 Å². The van der Waals surface area contributed by atoms with Crippen LogP contribution in [0.1, 0.15) is 33.6 Å². The van der Waals surface area contributed by atoms with Gasteiger partial charge in [-0.3, -0.25) is 0 Å². The van der Waals surface area contributed by atoms with Crippen molar-refractivity contribution in [3.63, 3.8) is 0 Å². The highest BCUT2D eigenvalue weighted by molar-refractivity contribution is 7.17. The van der Waals surface area contributed by atoms with Crippen molar-refractivity contribution in [1.82, 2.24) is 14.9 Å². The summed E-state index contributed by atoms with van der Waals surface area (Å²) < 4.78 is 11.2. The van der Waals surface area contributed by atoms with Crippen LogP contribution in [-0.2, 0) is 4.74 Å². The third-order valence-electron chi connectivity index (χ3n) is 3.52. The minimum Gasteiger partial charge on any atom is -0.483 e. The fourth-order valence-corrected chi connectivity index (χ4v) is 2.99. The zero-order valence-electron chi connectivity index (χ0n) is 13.7. The van der Waals surface area contributed by atoms with Crippen molar-refractivity contribution in [2.75, 3.05) is 13.1 Å². The minimum atomic E-state index is -0.464. The molecular weight excluding hydrogens is 337 g/mol. The molecule has 0 saturated carbocycles. The first-order chi connectivity index (χ1) is 10.7. The molecule has 0 N–H and O–H groups in total. The van der Waals surface area contributed by atoms with Crippen molar-refractivity contribution in [1.29, 1.82) is 0 Å². The molecule has 2 atom stereocenters. The number of hydrogen-bond donors (Lipinski definition) is 0. The van der Waals surface area contributed by atoms with E-state index in [4.69, 9.17) is 21.1 Å². The lowest BCUT2D eigenvalue weighted by Crippen LogP contribution is -2.43. The fourth-order valence-electron chi connectivity index (χ4n) is 2.35. The fraction of sp³-hybridized carbons (Fsp3) is 0.667. The van der Waals surface area contributed by atoms with Crippen LogP contribution in [0.3, 0.4) is 0 Å². The highest BCUT2D eigenvalue weighted by Gasteiger charge is 2.30. The zero-order chi connectivity index (χ0) is 17.0. The molecule has 2 heterocycles. The Bertz CT molecular complexity index is 528. The van der Waals surface area contributed by atoms with Gasteiger partial charge in [0.2, 0.25) is 5.28 Å². The predicted octanol–water partition coefficient (Wildman–Crippen LogP) is 3.36. The van der Waals surface area contributed by atoms with Crippen LogP contribution in [0.2, 0.25) is 5.28 Å². The van der Waals surface area contributed by atoms with E-state index in [1.54, 1.807) is 17.3 Å². The molecule has 2 rings (SSSR count). The predicted molar refractivity (Wildman–Crippen MR) is 91.7 cm³/mol. The standard InChI is InChI=1S/C15H23ClN3O3P/c1-15(2,3)22-14(20)19-6-4-10(5-7-19)12(23)21-11-8-17-13(16)18-9-11/h8-10,12H,4-7,23H2,1-3H3. The maximum Gasteiger partial charge on any atom is 0.410 e.